The Labute approximate surface area is 135 Å². The number of rotatable bonds is 4. The highest BCUT2D eigenvalue weighted by Crippen LogP contribution is 2.48. The molecule has 118 valence electrons. The maximum Gasteiger partial charge on any atom is 0.128 e. The van der Waals surface area contributed by atoms with Crippen LogP contribution in [0.5, 0.6) is 0 Å². The second kappa shape index (κ2) is 5.98. The van der Waals surface area contributed by atoms with Gasteiger partial charge in [0, 0.05) is 22.0 Å². The summed E-state index contributed by atoms with van der Waals surface area (Å²) < 4.78 is 21.4. The highest BCUT2D eigenvalue weighted by molar-refractivity contribution is 9.10. The summed E-state index contributed by atoms with van der Waals surface area (Å²) in [5.74, 6) is 0.0564. The van der Waals surface area contributed by atoms with Gasteiger partial charge in [0.25, 0.3) is 0 Å². The first-order chi connectivity index (χ1) is 9.66. The summed E-state index contributed by atoms with van der Waals surface area (Å²) in [5, 5.41) is 3.46. The van der Waals surface area contributed by atoms with Crippen LogP contribution >= 0.6 is 15.9 Å². The number of nitrogens with one attached hydrogen (secondary N) is 1. The zero-order valence-electron chi connectivity index (χ0n) is 13.5. The molecule has 1 aliphatic heterocycles. The average Bonchev–Trinajstić information content (AvgIpc) is 2.57. The summed E-state index contributed by atoms with van der Waals surface area (Å²) in [7, 11) is 0. The molecule has 2 atom stereocenters. The predicted molar refractivity (Wildman–Crippen MR) is 87.9 cm³/mol. The summed E-state index contributed by atoms with van der Waals surface area (Å²) in [6.07, 6.45) is 0.906. The lowest BCUT2D eigenvalue weighted by atomic mass is 9.78. The van der Waals surface area contributed by atoms with Gasteiger partial charge in [0.2, 0.25) is 0 Å². The topological polar surface area (TPSA) is 21.3 Å². The fourth-order valence-electron chi connectivity index (χ4n) is 3.57. The van der Waals surface area contributed by atoms with Crippen molar-refractivity contribution in [1.29, 1.82) is 0 Å². The maximum atomic E-state index is 14.3. The normalized spacial score (nSPS) is 25.0. The van der Waals surface area contributed by atoms with Crippen molar-refractivity contribution in [2.24, 2.45) is 5.92 Å². The van der Waals surface area contributed by atoms with E-state index in [1.54, 1.807) is 6.07 Å². The van der Waals surface area contributed by atoms with Crippen LogP contribution in [0.1, 0.15) is 52.6 Å². The summed E-state index contributed by atoms with van der Waals surface area (Å²) >= 11 is 3.45. The Hall–Kier alpha value is -0.450. The highest BCUT2D eigenvalue weighted by Gasteiger charge is 2.49. The van der Waals surface area contributed by atoms with Crippen molar-refractivity contribution in [2.75, 3.05) is 6.54 Å². The van der Waals surface area contributed by atoms with Gasteiger partial charge in [0.15, 0.2) is 0 Å². The Morgan fingerprint density at radius 1 is 1.38 bits per heavy atom. The lowest BCUT2D eigenvalue weighted by Gasteiger charge is -2.34. The fraction of sp³-hybridized carbons (Fsp3) is 0.647. The van der Waals surface area contributed by atoms with Crippen molar-refractivity contribution in [3.05, 3.63) is 34.1 Å². The van der Waals surface area contributed by atoms with Crippen LogP contribution in [0.15, 0.2) is 22.7 Å². The molecule has 1 aromatic carbocycles. The SMILES string of the molecule is CCNC(c1cc(Br)ccc1F)C1CC(C)(C)OC1(C)C. The van der Waals surface area contributed by atoms with Crippen molar-refractivity contribution < 1.29 is 9.13 Å². The number of halogens is 2. The van der Waals surface area contributed by atoms with E-state index in [1.807, 2.05) is 6.07 Å². The molecule has 21 heavy (non-hydrogen) atoms. The predicted octanol–water partition coefficient (Wildman–Crippen LogP) is 4.83. The third-order valence-electron chi connectivity index (χ3n) is 4.26. The average molecular weight is 358 g/mol. The molecule has 4 heteroatoms. The number of ether oxygens (including phenoxy) is 1. The van der Waals surface area contributed by atoms with Gasteiger partial charge >= 0.3 is 0 Å². The van der Waals surface area contributed by atoms with E-state index in [4.69, 9.17) is 4.74 Å². The van der Waals surface area contributed by atoms with Gasteiger partial charge in [0.05, 0.1) is 11.2 Å². The molecule has 2 unspecified atom stereocenters. The molecule has 1 N–H and O–H groups in total. The second-order valence-corrected chi connectivity index (χ2v) is 7.89. The van der Waals surface area contributed by atoms with Gasteiger partial charge in [0.1, 0.15) is 5.82 Å². The smallest absolute Gasteiger partial charge is 0.128 e. The summed E-state index contributed by atoms with van der Waals surface area (Å²) in [6, 6.07) is 5.09. The zero-order valence-corrected chi connectivity index (χ0v) is 15.1. The number of hydrogen-bond acceptors (Lipinski definition) is 2. The molecule has 1 heterocycles. The highest BCUT2D eigenvalue weighted by atomic mass is 79.9. The van der Waals surface area contributed by atoms with E-state index in [-0.39, 0.29) is 29.0 Å². The van der Waals surface area contributed by atoms with E-state index < -0.39 is 0 Å². The monoisotopic (exact) mass is 357 g/mol. The van der Waals surface area contributed by atoms with Gasteiger partial charge < -0.3 is 10.1 Å². The van der Waals surface area contributed by atoms with Crippen molar-refractivity contribution in [3.63, 3.8) is 0 Å². The van der Waals surface area contributed by atoms with Crippen molar-refractivity contribution in [1.82, 2.24) is 5.32 Å². The largest absolute Gasteiger partial charge is 0.369 e. The number of benzene rings is 1. The van der Waals surface area contributed by atoms with Gasteiger partial charge in [-0.1, -0.05) is 22.9 Å². The van der Waals surface area contributed by atoms with Crippen LogP contribution in [0.3, 0.4) is 0 Å². The maximum absolute atomic E-state index is 14.3. The minimum atomic E-state index is -0.287. The van der Waals surface area contributed by atoms with Gasteiger partial charge in [-0.15, -0.1) is 0 Å². The first kappa shape index (κ1) is 16.9. The molecule has 0 amide bonds. The second-order valence-electron chi connectivity index (χ2n) is 6.98. The molecular formula is C17H25BrFNO. The Bertz CT molecular complexity index is 516. The lowest BCUT2D eigenvalue weighted by Crippen LogP contribution is -2.39. The summed E-state index contributed by atoms with van der Waals surface area (Å²) in [5.41, 5.74) is 0.251. The van der Waals surface area contributed by atoms with E-state index >= 15 is 0 Å². The molecule has 0 bridgehead atoms. The van der Waals surface area contributed by atoms with Gasteiger partial charge in [-0.05, 0) is 58.9 Å². The van der Waals surface area contributed by atoms with E-state index in [0.717, 1.165) is 17.4 Å². The molecule has 0 aliphatic carbocycles. The Balaban J connectivity index is 2.42. The van der Waals surface area contributed by atoms with Crippen molar-refractivity contribution >= 4 is 15.9 Å². The molecule has 2 nitrogen and oxygen atoms in total. The lowest BCUT2D eigenvalue weighted by molar-refractivity contribution is -0.0779. The van der Waals surface area contributed by atoms with E-state index in [1.165, 1.54) is 6.07 Å². The van der Waals surface area contributed by atoms with Crippen LogP contribution in [0.2, 0.25) is 0 Å². The molecule has 1 saturated heterocycles. The van der Waals surface area contributed by atoms with E-state index in [2.05, 4.69) is 55.9 Å². The van der Waals surface area contributed by atoms with Crippen LogP contribution in [-0.4, -0.2) is 17.7 Å². The van der Waals surface area contributed by atoms with Gasteiger partial charge in [-0.3, -0.25) is 0 Å². The first-order valence-electron chi connectivity index (χ1n) is 7.55. The zero-order chi connectivity index (χ0) is 15.8. The minimum absolute atomic E-state index is 0.0516. The molecular weight excluding hydrogens is 333 g/mol. The molecule has 0 aromatic heterocycles. The van der Waals surface area contributed by atoms with Crippen LogP contribution in [-0.2, 0) is 4.74 Å². The van der Waals surface area contributed by atoms with Crippen molar-refractivity contribution in [2.45, 2.75) is 58.3 Å². The standard InChI is InChI=1S/C17H25BrFNO/c1-6-20-15(12-9-11(18)7-8-14(12)19)13-10-16(2,3)21-17(13,4)5/h7-9,13,15,20H,6,10H2,1-5H3. The Morgan fingerprint density at radius 3 is 2.57 bits per heavy atom. The van der Waals surface area contributed by atoms with Gasteiger partial charge in [-0.25, -0.2) is 4.39 Å². The molecule has 1 fully saturated rings. The minimum Gasteiger partial charge on any atom is -0.369 e. The first-order valence-corrected chi connectivity index (χ1v) is 8.34. The molecule has 0 saturated carbocycles. The van der Waals surface area contributed by atoms with Crippen molar-refractivity contribution in [3.8, 4) is 0 Å². The van der Waals surface area contributed by atoms with E-state index in [9.17, 15) is 4.39 Å². The van der Waals surface area contributed by atoms with Crippen LogP contribution in [0.4, 0.5) is 4.39 Å². The number of hydrogen-bond donors (Lipinski definition) is 1. The van der Waals surface area contributed by atoms with Gasteiger partial charge in [-0.2, -0.15) is 0 Å². The molecule has 2 rings (SSSR count). The Morgan fingerprint density at radius 2 is 2.05 bits per heavy atom. The fourth-order valence-corrected chi connectivity index (χ4v) is 3.94. The van der Waals surface area contributed by atoms with E-state index in [0.29, 0.717) is 5.56 Å². The third-order valence-corrected chi connectivity index (χ3v) is 4.76. The molecule has 0 spiro atoms. The quantitative estimate of drug-likeness (QED) is 0.832. The van der Waals surface area contributed by atoms with Crippen LogP contribution < -0.4 is 5.32 Å². The molecule has 1 aromatic rings. The summed E-state index contributed by atoms with van der Waals surface area (Å²) in [6.45, 7) is 11.3. The Kier molecular flexibility index (Phi) is 4.81. The molecule has 0 radical (unpaired) electrons. The van der Waals surface area contributed by atoms with Crippen LogP contribution in [0, 0.1) is 11.7 Å². The summed E-state index contributed by atoms with van der Waals surface area (Å²) in [4.78, 5) is 0. The third kappa shape index (κ3) is 3.66. The van der Waals surface area contributed by atoms with Crippen LogP contribution in [0.25, 0.3) is 0 Å². The molecule has 1 aliphatic rings.